The normalized spacial score (nSPS) is 20.5. The predicted molar refractivity (Wildman–Crippen MR) is 58.3 cm³/mol. The second-order valence-corrected chi connectivity index (χ2v) is 3.75. The van der Waals surface area contributed by atoms with Crippen LogP contribution in [-0.2, 0) is 4.74 Å². The maximum absolute atomic E-state index is 13.1. The smallest absolute Gasteiger partial charge is 0.148 e. The van der Waals surface area contributed by atoms with E-state index in [-0.39, 0.29) is 17.6 Å². The van der Waals surface area contributed by atoms with Crippen molar-refractivity contribution in [3.63, 3.8) is 0 Å². The van der Waals surface area contributed by atoms with E-state index in [1.165, 1.54) is 6.07 Å². The van der Waals surface area contributed by atoms with E-state index in [0.717, 1.165) is 31.7 Å². The summed E-state index contributed by atoms with van der Waals surface area (Å²) in [4.78, 5) is 0. The molecule has 82 valence electrons. The van der Waals surface area contributed by atoms with Gasteiger partial charge in [0.05, 0.1) is 11.8 Å². The fourth-order valence-electron chi connectivity index (χ4n) is 1.67. The van der Waals surface area contributed by atoms with Gasteiger partial charge < -0.3 is 15.8 Å². The van der Waals surface area contributed by atoms with E-state index in [0.29, 0.717) is 0 Å². The molecule has 3 nitrogen and oxygen atoms in total. The van der Waals surface area contributed by atoms with Crippen molar-refractivity contribution in [2.75, 3.05) is 24.2 Å². The second-order valence-electron chi connectivity index (χ2n) is 3.75. The van der Waals surface area contributed by atoms with Gasteiger partial charge in [-0.25, -0.2) is 4.39 Å². The van der Waals surface area contributed by atoms with Gasteiger partial charge in [0.15, 0.2) is 0 Å². The zero-order chi connectivity index (χ0) is 10.7. The SMILES string of the molecule is Nc1ccc(NCC2CCCO2)cc1F. The van der Waals surface area contributed by atoms with E-state index >= 15 is 0 Å². The summed E-state index contributed by atoms with van der Waals surface area (Å²) < 4.78 is 18.5. The Kier molecular flexibility index (Phi) is 3.06. The first-order chi connectivity index (χ1) is 7.25. The molecule has 0 spiro atoms. The number of rotatable bonds is 3. The van der Waals surface area contributed by atoms with Crippen LogP contribution in [0.2, 0.25) is 0 Å². The van der Waals surface area contributed by atoms with Gasteiger partial charge in [0.25, 0.3) is 0 Å². The van der Waals surface area contributed by atoms with Crippen LogP contribution in [0.25, 0.3) is 0 Å². The van der Waals surface area contributed by atoms with Gasteiger partial charge in [-0.1, -0.05) is 0 Å². The standard InChI is InChI=1S/C11H15FN2O/c12-10-6-8(3-4-11(10)13)14-7-9-2-1-5-15-9/h3-4,6,9,14H,1-2,5,7,13H2. The first-order valence-corrected chi connectivity index (χ1v) is 5.16. The lowest BCUT2D eigenvalue weighted by molar-refractivity contribution is 0.120. The zero-order valence-electron chi connectivity index (χ0n) is 8.50. The Morgan fingerprint density at radius 2 is 2.40 bits per heavy atom. The van der Waals surface area contributed by atoms with Gasteiger partial charge in [-0.2, -0.15) is 0 Å². The third kappa shape index (κ3) is 2.59. The molecule has 0 aromatic heterocycles. The van der Waals surface area contributed by atoms with Crippen molar-refractivity contribution in [1.82, 2.24) is 0 Å². The molecule has 0 radical (unpaired) electrons. The maximum Gasteiger partial charge on any atom is 0.148 e. The topological polar surface area (TPSA) is 47.3 Å². The minimum absolute atomic E-state index is 0.178. The second kappa shape index (κ2) is 4.49. The lowest BCUT2D eigenvalue weighted by atomic mass is 10.2. The molecule has 1 unspecified atom stereocenters. The first kappa shape index (κ1) is 10.2. The quantitative estimate of drug-likeness (QED) is 0.750. The molecule has 1 aliphatic heterocycles. The number of nitrogens with two attached hydrogens (primary N) is 1. The number of nitrogen functional groups attached to an aromatic ring is 1. The van der Waals surface area contributed by atoms with Gasteiger partial charge in [0.2, 0.25) is 0 Å². The lowest BCUT2D eigenvalue weighted by Crippen LogP contribution is -2.18. The van der Waals surface area contributed by atoms with Crippen molar-refractivity contribution < 1.29 is 9.13 Å². The summed E-state index contributed by atoms with van der Waals surface area (Å²) in [6.07, 6.45) is 2.44. The Morgan fingerprint density at radius 1 is 1.53 bits per heavy atom. The van der Waals surface area contributed by atoms with Gasteiger partial charge in [0, 0.05) is 18.8 Å². The molecule has 2 rings (SSSR count). The molecule has 3 N–H and O–H groups in total. The van der Waals surface area contributed by atoms with Crippen LogP contribution in [0.3, 0.4) is 0 Å². The van der Waals surface area contributed by atoms with Crippen molar-refractivity contribution >= 4 is 11.4 Å². The van der Waals surface area contributed by atoms with Crippen LogP contribution in [0.4, 0.5) is 15.8 Å². The maximum atomic E-state index is 13.1. The van der Waals surface area contributed by atoms with Crippen molar-refractivity contribution in [1.29, 1.82) is 0 Å². The van der Waals surface area contributed by atoms with Crippen LogP contribution < -0.4 is 11.1 Å². The fraction of sp³-hybridized carbons (Fsp3) is 0.455. The molecule has 1 aromatic rings. The van der Waals surface area contributed by atoms with E-state index in [1.54, 1.807) is 12.1 Å². The number of halogens is 1. The highest BCUT2D eigenvalue weighted by Crippen LogP contribution is 2.17. The van der Waals surface area contributed by atoms with Crippen molar-refractivity contribution in [2.24, 2.45) is 0 Å². The first-order valence-electron chi connectivity index (χ1n) is 5.16. The van der Waals surface area contributed by atoms with E-state index in [4.69, 9.17) is 10.5 Å². The Morgan fingerprint density at radius 3 is 3.07 bits per heavy atom. The highest BCUT2D eigenvalue weighted by atomic mass is 19.1. The van der Waals surface area contributed by atoms with Gasteiger partial charge >= 0.3 is 0 Å². The number of ether oxygens (including phenoxy) is 1. The summed E-state index contributed by atoms with van der Waals surface area (Å²) in [6.45, 7) is 1.56. The Labute approximate surface area is 88.4 Å². The van der Waals surface area contributed by atoms with Crippen LogP contribution in [0, 0.1) is 5.82 Å². The van der Waals surface area contributed by atoms with Crippen LogP contribution in [0.5, 0.6) is 0 Å². The monoisotopic (exact) mass is 210 g/mol. The van der Waals surface area contributed by atoms with Crippen LogP contribution >= 0.6 is 0 Å². The number of hydrogen-bond donors (Lipinski definition) is 2. The molecule has 1 aromatic carbocycles. The molecule has 15 heavy (non-hydrogen) atoms. The van der Waals surface area contributed by atoms with Crippen molar-refractivity contribution in [2.45, 2.75) is 18.9 Å². The summed E-state index contributed by atoms with van der Waals surface area (Å²) in [6, 6.07) is 4.74. The zero-order valence-corrected chi connectivity index (χ0v) is 8.50. The van der Waals surface area contributed by atoms with Gasteiger partial charge in [0.1, 0.15) is 5.82 Å². The molecule has 0 amide bonds. The third-order valence-corrected chi connectivity index (χ3v) is 2.56. The summed E-state index contributed by atoms with van der Waals surface area (Å²) >= 11 is 0. The molecule has 1 atom stereocenters. The van der Waals surface area contributed by atoms with Gasteiger partial charge in [-0.05, 0) is 31.0 Å². The molecular formula is C11H15FN2O. The summed E-state index contributed by atoms with van der Waals surface area (Å²) in [7, 11) is 0. The molecule has 1 saturated heterocycles. The largest absolute Gasteiger partial charge is 0.396 e. The Bertz CT molecular complexity index is 337. The van der Waals surface area contributed by atoms with Gasteiger partial charge in [-0.3, -0.25) is 0 Å². The highest BCUT2D eigenvalue weighted by Gasteiger charge is 2.14. The van der Waals surface area contributed by atoms with Gasteiger partial charge in [-0.15, -0.1) is 0 Å². The fourth-order valence-corrected chi connectivity index (χ4v) is 1.67. The molecule has 1 heterocycles. The summed E-state index contributed by atoms with van der Waals surface area (Å²) in [5.41, 5.74) is 6.31. The predicted octanol–water partition coefficient (Wildman–Crippen LogP) is 2.00. The highest BCUT2D eigenvalue weighted by molar-refractivity contribution is 5.52. The molecule has 4 heteroatoms. The summed E-state index contributed by atoms with van der Waals surface area (Å²) in [5.74, 6) is -0.382. The van der Waals surface area contributed by atoms with Crippen LogP contribution in [0.1, 0.15) is 12.8 Å². The average molecular weight is 210 g/mol. The molecule has 0 bridgehead atoms. The van der Waals surface area contributed by atoms with E-state index in [2.05, 4.69) is 5.32 Å². The number of benzene rings is 1. The van der Waals surface area contributed by atoms with E-state index in [1.807, 2.05) is 0 Å². The van der Waals surface area contributed by atoms with E-state index in [9.17, 15) is 4.39 Å². The molecule has 1 fully saturated rings. The third-order valence-electron chi connectivity index (χ3n) is 2.56. The minimum atomic E-state index is -0.382. The molecule has 1 aliphatic rings. The van der Waals surface area contributed by atoms with E-state index < -0.39 is 0 Å². The Hall–Kier alpha value is -1.29. The molecule has 0 saturated carbocycles. The van der Waals surface area contributed by atoms with Crippen molar-refractivity contribution in [3.8, 4) is 0 Å². The average Bonchev–Trinajstić information content (AvgIpc) is 2.73. The Balaban J connectivity index is 1.90. The molecule has 0 aliphatic carbocycles. The minimum Gasteiger partial charge on any atom is -0.396 e. The molecular weight excluding hydrogens is 195 g/mol. The number of hydrogen-bond acceptors (Lipinski definition) is 3. The summed E-state index contributed by atoms with van der Waals surface area (Å²) in [5, 5.41) is 3.13. The lowest BCUT2D eigenvalue weighted by Gasteiger charge is -2.12. The van der Waals surface area contributed by atoms with Crippen LogP contribution in [-0.4, -0.2) is 19.3 Å². The number of nitrogens with one attached hydrogen (secondary N) is 1. The van der Waals surface area contributed by atoms with Crippen LogP contribution in [0.15, 0.2) is 18.2 Å². The number of anilines is 2. The van der Waals surface area contributed by atoms with Crippen molar-refractivity contribution in [3.05, 3.63) is 24.0 Å².